The van der Waals surface area contributed by atoms with Crippen LogP contribution in [0.1, 0.15) is 32.6 Å². The van der Waals surface area contributed by atoms with Crippen molar-refractivity contribution in [2.45, 2.75) is 38.2 Å². The van der Waals surface area contributed by atoms with Gasteiger partial charge in [-0.1, -0.05) is 19.8 Å². The minimum atomic E-state index is -0.605. The Morgan fingerprint density at radius 3 is 2.93 bits per heavy atom. The Morgan fingerprint density at radius 2 is 2.33 bits per heavy atom. The summed E-state index contributed by atoms with van der Waals surface area (Å²) in [5.74, 6) is 0.549. The second-order valence-electron chi connectivity index (χ2n) is 4.70. The van der Waals surface area contributed by atoms with E-state index in [4.69, 9.17) is 0 Å². The summed E-state index contributed by atoms with van der Waals surface area (Å²) in [5.41, 5.74) is -0.605. The van der Waals surface area contributed by atoms with Gasteiger partial charge in [0.2, 0.25) is 5.91 Å². The third-order valence-corrected chi connectivity index (χ3v) is 3.09. The number of nitrogens with one attached hydrogen (secondary N) is 2. The molecule has 15 heavy (non-hydrogen) atoms. The third kappa shape index (κ3) is 4.18. The van der Waals surface area contributed by atoms with E-state index >= 15 is 0 Å². The van der Waals surface area contributed by atoms with Gasteiger partial charge < -0.3 is 15.7 Å². The molecule has 0 radical (unpaired) electrons. The summed E-state index contributed by atoms with van der Waals surface area (Å²) in [6, 6.07) is 0. The zero-order valence-corrected chi connectivity index (χ0v) is 9.68. The highest BCUT2D eigenvalue weighted by Gasteiger charge is 2.32. The summed E-state index contributed by atoms with van der Waals surface area (Å²) in [6.07, 6.45) is 3.98. The molecule has 0 saturated heterocycles. The molecule has 1 rings (SSSR count). The summed E-state index contributed by atoms with van der Waals surface area (Å²) in [6.45, 7) is 2.97. The molecule has 0 bridgehead atoms. The maximum atomic E-state index is 11.0. The molecule has 3 N–H and O–H groups in total. The molecule has 0 aliphatic heterocycles. The maximum absolute atomic E-state index is 11.0. The van der Waals surface area contributed by atoms with Crippen molar-refractivity contribution in [3.05, 3.63) is 0 Å². The second-order valence-corrected chi connectivity index (χ2v) is 4.70. The van der Waals surface area contributed by atoms with E-state index in [1.54, 1.807) is 7.05 Å². The Morgan fingerprint density at radius 1 is 1.60 bits per heavy atom. The fourth-order valence-corrected chi connectivity index (χ4v) is 2.29. The van der Waals surface area contributed by atoms with Crippen LogP contribution in [0.2, 0.25) is 0 Å². The average molecular weight is 214 g/mol. The van der Waals surface area contributed by atoms with Crippen molar-refractivity contribution >= 4 is 5.91 Å². The van der Waals surface area contributed by atoms with Gasteiger partial charge in [-0.25, -0.2) is 0 Å². The van der Waals surface area contributed by atoms with Gasteiger partial charge in [0.15, 0.2) is 0 Å². The van der Waals surface area contributed by atoms with E-state index < -0.39 is 5.60 Å². The van der Waals surface area contributed by atoms with Crippen LogP contribution in [-0.4, -0.2) is 36.8 Å². The van der Waals surface area contributed by atoms with E-state index in [0.29, 0.717) is 12.5 Å². The summed E-state index contributed by atoms with van der Waals surface area (Å²) >= 11 is 0. The third-order valence-electron chi connectivity index (χ3n) is 3.09. The number of carbonyl (C=O) groups is 1. The number of amides is 1. The topological polar surface area (TPSA) is 61.4 Å². The molecule has 1 amide bonds. The quantitative estimate of drug-likeness (QED) is 0.629. The van der Waals surface area contributed by atoms with E-state index in [-0.39, 0.29) is 12.5 Å². The van der Waals surface area contributed by atoms with Crippen molar-refractivity contribution in [3.63, 3.8) is 0 Å². The number of hydrogen-bond acceptors (Lipinski definition) is 3. The first-order chi connectivity index (χ1) is 7.06. The number of rotatable bonds is 4. The molecule has 1 aliphatic carbocycles. The minimum Gasteiger partial charge on any atom is -0.389 e. The largest absolute Gasteiger partial charge is 0.389 e. The number of likely N-dealkylation sites (N-methyl/N-ethyl adjacent to an activating group) is 1. The van der Waals surface area contributed by atoms with Crippen molar-refractivity contribution in [2.24, 2.45) is 5.92 Å². The minimum absolute atomic E-state index is 0.0394. The van der Waals surface area contributed by atoms with Gasteiger partial charge in [-0.3, -0.25) is 4.79 Å². The Bertz CT molecular complexity index is 221. The summed E-state index contributed by atoms with van der Waals surface area (Å²) in [5, 5.41) is 15.8. The molecule has 4 heteroatoms. The first-order valence-electron chi connectivity index (χ1n) is 5.69. The van der Waals surface area contributed by atoms with Gasteiger partial charge in [0.05, 0.1) is 12.1 Å². The lowest BCUT2D eigenvalue weighted by atomic mass is 9.79. The van der Waals surface area contributed by atoms with Crippen molar-refractivity contribution < 1.29 is 9.90 Å². The monoisotopic (exact) mass is 214 g/mol. The van der Waals surface area contributed by atoms with E-state index in [1.165, 1.54) is 6.42 Å². The fourth-order valence-electron chi connectivity index (χ4n) is 2.29. The number of aliphatic hydroxyl groups is 1. The van der Waals surface area contributed by atoms with E-state index in [1.807, 2.05) is 0 Å². The van der Waals surface area contributed by atoms with Crippen molar-refractivity contribution in [1.29, 1.82) is 0 Å². The van der Waals surface area contributed by atoms with Crippen LogP contribution >= 0.6 is 0 Å². The molecule has 2 atom stereocenters. The van der Waals surface area contributed by atoms with Gasteiger partial charge in [-0.2, -0.15) is 0 Å². The normalized spacial score (nSPS) is 31.3. The van der Waals surface area contributed by atoms with Crippen molar-refractivity contribution in [3.8, 4) is 0 Å². The van der Waals surface area contributed by atoms with Crippen LogP contribution in [0.25, 0.3) is 0 Å². The van der Waals surface area contributed by atoms with Crippen LogP contribution in [0.4, 0.5) is 0 Å². The molecule has 0 aromatic heterocycles. The van der Waals surface area contributed by atoms with Gasteiger partial charge in [-0.15, -0.1) is 0 Å². The summed E-state index contributed by atoms with van der Waals surface area (Å²) < 4.78 is 0. The molecule has 0 unspecified atom stereocenters. The van der Waals surface area contributed by atoms with Gasteiger partial charge in [0, 0.05) is 13.6 Å². The summed E-state index contributed by atoms with van der Waals surface area (Å²) in [4.78, 5) is 11.0. The average Bonchev–Trinajstić information content (AvgIpc) is 2.16. The zero-order chi connectivity index (χ0) is 11.3. The highest BCUT2D eigenvalue weighted by molar-refractivity contribution is 5.77. The van der Waals surface area contributed by atoms with Crippen LogP contribution in [0, 0.1) is 5.92 Å². The van der Waals surface area contributed by atoms with Crippen molar-refractivity contribution in [2.75, 3.05) is 20.1 Å². The summed E-state index contributed by atoms with van der Waals surface area (Å²) in [7, 11) is 1.61. The predicted molar refractivity (Wildman–Crippen MR) is 59.5 cm³/mol. The van der Waals surface area contributed by atoms with Gasteiger partial charge >= 0.3 is 0 Å². The Hall–Kier alpha value is -0.610. The molecule has 88 valence electrons. The Labute approximate surface area is 91.4 Å². The molecular weight excluding hydrogens is 192 g/mol. The van der Waals surface area contributed by atoms with E-state index in [0.717, 1.165) is 19.3 Å². The van der Waals surface area contributed by atoms with Gasteiger partial charge in [0.25, 0.3) is 0 Å². The molecular formula is C11H22N2O2. The molecule has 4 nitrogen and oxygen atoms in total. The molecule has 1 saturated carbocycles. The molecule has 0 heterocycles. The van der Waals surface area contributed by atoms with Crippen LogP contribution in [0.5, 0.6) is 0 Å². The van der Waals surface area contributed by atoms with Gasteiger partial charge in [0.1, 0.15) is 0 Å². The number of carbonyl (C=O) groups excluding carboxylic acids is 1. The van der Waals surface area contributed by atoms with Crippen LogP contribution in [0.3, 0.4) is 0 Å². The van der Waals surface area contributed by atoms with Crippen LogP contribution in [-0.2, 0) is 4.79 Å². The second kappa shape index (κ2) is 5.47. The maximum Gasteiger partial charge on any atom is 0.233 e. The Kier molecular flexibility index (Phi) is 4.54. The zero-order valence-electron chi connectivity index (χ0n) is 9.68. The fraction of sp³-hybridized carbons (Fsp3) is 0.909. The molecule has 0 spiro atoms. The standard InChI is InChI=1S/C11H22N2O2/c1-9-4-3-5-11(15,6-9)8-13-7-10(14)12-2/h9,13,15H,3-8H2,1-2H3,(H,12,14)/t9-,11+/m1/s1. The highest BCUT2D eigenvalue weighted by Crippen LogP contribution is 2.31. The smallest absolute Gasteiger partial charge is 0.233 e. The number of hydrogen-bond donors (Lipinski definition) is 3. The molecule has 1 aliphatic rings. The lowest BCUT2D eigenvalue weighted by molar-refractivity contribution is -0.120. The highest BCUT2D eigenvalue weighted by atomic mass is 16.3. The first-order valence-corrected chi connectivity index (χ1v) is 5.69. The first kappa shape index (κ1) is 12.5. The Balaban J connectivity index is 2.26. The van der Waals surface area contributed by atoms with Crippen molar-refractivity contribution in [1.82, 2.24) is 10.6 Å². The van der Waals surface area contributed by atoms with E-state index in [9.17, 15) is 9.90 Å². The van der Waals surface area contributed by atoms with Crippen LogP contribution in [0.15, 0.2) is 0 Å². The molecule has 1 fully saturated rings. The lowest BCUT2D eigenvalue weighted by Crippen LogP contribution is -2.46. The van der Waals surface area contributed by atoms with E-state index in [2.05, 4.69) is 17.6 Å². The predicted octanol–water partition coefficient (Wildman–Crippen LogP) is 0.263. The van der Waals surface area contributed by atoms with Crippen LogP contribution < -0.4 is 10.6 Å². The van der Waals surface area contributed by atoms with Gasteiger partial charge in [-0.05, 0) is 18.8 Å². The lowest BCUT2D eigenvalue weighted by Gasteiger charge is -2.35. The molecule has 0 aromatic rings. The SMILES string of the molecule is CNC(=O)CNC[C@]1(O)CCC[C@@H](C)C1. The molecule has 0 aromatic carbocycles.